The number of hydrogen-bond donors (Lipinski definition) is 1. The molecule has 1 saturated heterocycles. The molecular formula is C15H18N4O3. The van der Waals surface area contributed by atoms with E-state index >= 15 is 0 Å². The molecule has 0 radical (unpaired) electrons. The molecular weight excluding hydrogens is 284 g/mol. The lowest BCUT2D eigenvalue weighted by Gasteiger charge is -2.11. The van der Waals surface area contributed by atoms with Crippen molar-refractivity contribution in [3.8, 4) is 17.1 Å². The van der Waals surface area contributed by atoms with Gasteiger partial charge in [0, 0.05) is 12.1 Å². The summed E-state index contributed by atoms with van der Waals surface area (Å²) in [4.78, 5) is 17.7. The molecule has 0 bridgehead atoms. The van der Waals surface area contributed by atoms with Crippen molar-refractivity contribution in [2.75, 3.05) is 20.2 Å². The van der Waals surface area contributed by atoms with Crippen molar-refractivity contribution in [3.05, 3.63) is 30.2 Å². The van der Waals surface area contributed by atoms with Crippen LogP contribution in [0.3, 0.4) is 0 Å². The number of ether oxygens (including phenoxy) is 1. The van der Waals surface area contributed by atoms with Gasteiger partial charge in [0.2, 0.25) is 17.6 Å². The number of nitrogens with two attached hydrogens (primary N) is 1. The quantitative estimate of drug-likeness (QED) is 0.887. The molecule has 1 fully saturated rings. The first-order valence-electron chi connectivity index (χ1n) is 7.14. The Balaban J connectivity index is 1.65. The van der Waals surface area contributed by atoms with Crippen molar-refractivity contribution >= 4 is 5.91 Å². The Morgan fingerprint density at radius 3 is 2.86 bits per heavy atom. The Morgan fingerprint density at radius 2 is 2.23 bits per heavy atom. The van der Waals surface area contributed by atoms with Crippen molar-refractivity contribution in [2.45, 2.75) is 13.0 Å². The number of rotatable bonds is 5. The van der Waals surface area contributed by atoms with E-state index in [0.29, 0.717) is 24.8 Å². The summed E-state index contributed by atoms with van der Waals surface area (Å²) < 4.78 is 10.4. The van der Waals surface area contributed by atoms with Crippen molar-refractivity contribution in [3.63, 3.8) is 0 Å². The van der Waals surface area contributed by atoms with E-state index in [1.54, 1.807) is 7.11 Å². The minimum absolute atomic E-state index is 0.0796. The Labute approximate surface area is 128 Å². The van der Waals surface area contributed by atoms with Gasteiger partial charge in [-0.3, -0.25) is 9.69 Å². The SMILES string of the molecule is COc1ccc(-c2noc(CN3CCC(C(N)=O)C3)n2)cc1. The summed E-state index contributed by atoms with van der Waals surface area (Å²) in [5, 5.41) is 3.99. The lowest BCUT2D eigenvalue weighted by molar-refractivity contribution is -0.121. The zero-order chi connectivity index (χ0) is 15.5. The second-order valence-electron chi connectivity index (χ2n) is 5.36. The van der Waals surface area contributed by atoms with Crippen LogP contribution in [0.25, 0.3) is 11.4 Å². The maximum absolute atomic E-state index is 11.2. The van der Waals surface area contributed by atoms with E-state index < -0.39 is 0 Å². The number of carbonyl (C=O) groups excluding carboxylic acids is 1. The minimum Gasteiger partial charge on any atom is -0.497 e. The highest BCUT2D eigenvalue weighted by Crippen LogP contribution is 2.21. The molecule has 2 aromatic rings. The molecule has 1 aromatic carbocycles. The summed E-state index contributed by atoms with van der Waals surface area (Å²) in [6.45, 7) is 2.00. The number of nitrogens with zero attached hydrogens (tertiary/aromatic N) is 3. The summed E-state index contributed by atoms with van der Waals surface area (Å²) in [5.41, 5.74) is 6.20. The summed E-state index contributed by atoms with van der Waals surface area (Å²) in [7, 11) is 1.62. The molecule has 1 aliphatic heterocycles. The van der Waals surface area contributed by atoms with Gasteiger partial charge in [-0.05, 0) is 37.2 Å². The summed E-state index contributed by atoms with van der Waals surface area (Å²) in [6.07, 6.45) is 0.787. The molecule has 3 rings (SSSR count). The summed E-state index contributed by atoms with van der Waals surface area (Å²) in [6, 6.07) is 7.46. The number of amides is 1. The molecule has 1 aliphatic rings. The first-order valence-corrected chi connectivity index (χ1v) is 7.14. The molecule has 2 N–H and O–H groups in total. The monoisotopic (exact) mass is 302 g/mol. The molecule has 1 unspecified atom stereocenters. The molecule has 1 aromatic heterocycles. The molecule has 0 aliphatic carbocycles. The normalized spacial score (nSPS) is 18.5. The minimum atomic E-state index is -0.244. The Kier molecular flexibility index (Phi) is 4.06. The number of methoxy groups -OCH3 is 1. The van der Waals surface area contributed by atoms with Gasteiger partial charge in [0.15, 0.2) is 0 Å². The van der Waals surface area contributed by atoms with Crippen LogP contribution < -0.4 is 10.5 Å². The molecule has 0 spiro atoms. The van der Waals surface area contributed by atoms with Crippen molar-refractivity contribution in [2.24, 2.45) is 11.7 Å². The Bertz CT molecular complexity index is 653. The van der Waals surface area contributed by atoms with Crippen LogP contribution in [0.15, 0.2) is 28.8 Å². The van der Waals surface area contributed by atoms with Gasteiger partial charge in [-0.2, -0.15) is 4.98 Å². The van der Waals surface area contributed by atoms with Gasteiger partial charge in [0.25, 0.3) is 0 Å². The van der Waals surface area contributed by atoms with Crippen LogP contribution in [0.4, 0.5) is 0 Å². The Hall–Kier alpha value is -2.41. The van der Waals surface area contributed by atoms with E-state index in [-0.39, 0.29) is 11.8 Å². The van der Waals surface area contributed by atoms with Crippen LogP contribution in [0.5, 0.6) is 5.75 Å². The van der Waals surface area contributed by atoms with Crippen LogP contribution in [-0.4, -0.2) is 41.1 Å². The highest BCUT2D eigenvalue weighted by molar-refractivity contribution is 5.77. The highest BCUT2D eigenvalue weighted by atomic mass is 16.5. The van der Waals surface area contributed by atoms with E-state index in [1.807, 2.05) is 24.3 Å². The van der Waals surface area contributed by atoms with Gasteiger partial charge in [0.05, 0.1) is 19.6 Å². The molecule has 22 heavy (non-hydrogen) atoms. The number of benzene rings is 1. The van der Waals surface area contributed by atoms with E-state index in [9.17, 15) is 4.79 Å². The first-order chi connectivity index (χ1) is 10.7. The zero-order valence-electron chi connectivity index (χ0n) is 12.4. The van der Waals surface area contributed by atoms with Crippen molar-refractivity contribution < 1.29 is 14.1 Å². The first kappa shape index (κ1) is 14.5. The van der Waals surface area contributed by atoms with Crippen LogP contribution in [-0.2, 0) is 11.3 Å². The fourth-order valence-corrected chi connectivity index (χ4v) is 2.58. The molecule has 0 saturated carbocycles. The fraction of sp³-hybridized carbons (Fsp3) is 0.400. The smallest absolute Gasteiger partial charge is 0.241 e. The second-order valence-corrected chi connectivity index (χ2v) is 5.36. The zero-order valence-corrected chi connectivity index (χ0v) is 12.4. The van der Waals surface area contributed by atoms with E-state index in [2.05, 4.69) is 15.0 Å². The third kappa shape index (κ3) is 3.09. The van der Waals surface area contributed by atoms with Crippen LogP contribution in [0.2, 0.25) is 0 Å². The van der Waals surface area contributed by atoms with Gasteiger partial charge in [-0.15, -0.1) is 0 Å². The van der Waals surface area contributed by atoms with E-state index in [0.717, 1.165) is 24.3 Å². The van der Waals surface area contributed by atoms with Crippen molar-refractivity contribution in [1.82, 2.24) is 15.0 Å². The number of aromatic nitrogens is 2. The molecule has 2 heterocycles. The number of primary amides is 1. The van der Waals surface area contributed by atoms with Gasteiger partial charge in [-0.25, -0.2) is 0 Å². The standard InChI is InChI=1S/C15H18N4O3/c1-21-12-4-2-10(3-5-12)15-17-13(22-18-15)9-19-7-6-11(8-19)14(16)20/h2-5,11H,6-9H2,1H3,(H2,16,20). The van der Waals surface area contributed by atoms with Gasteiger partial charge >= 0.3 is 0 Å². The predicted molar refractivity (Wildman–Crippen MR) is 78.9 cm³/mol. The fourth-order valence-electron chi connectivity index (χ4n) is 2.58. The lowest BCUT2D eigenvalue weighted by atomic mass is 10.1. The molecule has 7 nitrogen and oxygen atoms in total. The summed E-state index contributed by atoms with van der Waals surface area (Å²) in [5.74, 6) is 1.54. The average molecular weight is 302 g/mol. The maximum Gasteiger partial charge on any atom is 0.241 e. The van der Waals surface area contributed by atoms with E-state index in [1.165, 1.54) is 0 Å². The molecule has 7 heteroatoms. The number of hydrogen-bond acceptors (Lipinski definition) is 6. The highest BCUT2D eigenvalue weighted by Gasteiger charge is 2.27. The molecule has 1 amide bonds. The largest absolute Gasteiger partial charge is 0.497 e. The third-order valence-electron chi connectivity index (χ3n) is 3.85. The Morgan fingerprint density at radius 1 is 1.45 bits per heavy atom. The van der Waals surface area contributed by atoms with E-state index in [4.69, 9.17) is 15.0 Å². The van der Waals surface area contributed by atoms with Crippen LogP contribution >= 0.6 is 0 Å². The van der Waals surface area contributed by atoms with Crippen LogP contribution in [0.1, 0.15) is 12.3 Å². The molecule has 1 atom stereocenters. The average Bonchev–Trinajstić information content (AvgIpc) is 3.17. The topological polar surface area (TPSA) is 94.5 Å². The van der Waals surface area contributed by atoms with Gasteiger partial charge in [0.1, 0.15) is 5.75 Å². The molecule has 116 valence electrons. The number of carbonyl (C=O) groups is 1. The number of likely N-dealkylation sites (tertiary alicyclic amines) is 1. The third-order valence-corrected chi connectivity index (χ3v) is 3.85. The van der Waals surface area contributed by atoms with Crippen molar-refractivity contribution in [1.29, 1.82) is 0 Å². The lowest BCUT2D eigenvalue weighted by Crippen LogP contribution is -2.27. The second kappa shape index (κ2) is 6.15. The summed E-state index contributed by atoms with van der Waals surface area (Å²) >= 11 is 0. The maximum atomic E-state index is 11.2. The van der Waals surface area contributed by atoms with Gasteiger partial charge < -0.3 is 15.0 Å². The van der Waals surface area contributed by atoms with Gasteiger partial charge in [-0.1, -0.05) is 5.16 Å². The predicted octanol–water partition coefficient (Wildman–Crippen LogP) is 1.05. The van der Waals surface area contributed by atoms with Crippen LogP contribution in [0, 0.1) is 5.92 Å².